The number of aromatic nitrogens is 3. The Labute approximate surface area is 186 Å². The van der Waals surface area contributed by atoms with E-state index >= 15 is 0 Å². The Balaban J connectivity index is 0.00000280. The quantitative estimate of drug-likeness (QED) is 0.151. The minimum Gasteiger partial charge on any atom is -0.469 e. The van der Waals surface area contributed by atoms with Crippen LogP contribution in [0.2, 0.25) is 0 Å². The third kappa shape index (κ3) is 7.55. The third-order valence-corrected chi connectivity index (χ3v) is 4.85. The molecular weight excluding hydrogens is 487 g/mol. The van der Waals surface area contributed by atoms with Crippen molar-refractivity contribution in [2.75, 3.05) is 18.8 Å². The summed E-state index contributed by atoms with van der Waals surface area (Å²) in [7, 11) is 1.87. The molecule has 28 heavy (non-hydrogen) atoms. The summed E-state index contributed by atoms with van der Waals surface area (Å²) < 4.78 is 7.10. The van der Waals surface area contributed by atoms with Crippen LogP contribution in [0.1, 0.15) is 11.6 Å². The van der Waals surface area contributed by atoms with Gasteiger partial charge in [0, 0.05) is 37.2 Å². The van der Waals surface area contributed by atoms with Crippen LogP contribution in [-0.4, -0.2) is 39.6 Å². The maximum absolute atomic E-state index is 5.37. The van der Waals surface area contributed by atoms with Crippen LogP contribution >= 0.6 is 35.7 Å². The predicted octanol–water partition coefficient (Wildman–Crippen LogP) is 3.10. The average Bonchev–Trinajstić information content (AvgIpc) is 3.35. The van der Waals surface area contributed by atoms with Crippen LogP contribution in [0.3, 0.4) is 0 Å². The molecule has 150 valence electrons. The molecule has 7 nitrogen and oxygen atoms in total. The molecule has 0 bridgehead atoms. The fourth-order valence-corrected chi connectivity index (χ4v) is 3.19. The lowest BCUT2D eigenvalue weighted by molar-refractivity contribution is 0.507. The minimum atomic E-state index is 0. The minimum absolute atomic E-state index is 0. The summed E-state index contributed by atoms with van der Waals surface area (Å²) in [6.07, 6.45) is 4.03. The molecule has 0 fully saturated rings. The van der Waals surface area contributed by atoms with Crippen LogP contribution in [0.4, 0.5) is 0 Å². The smallest absolute Gasteiger partial charge is 0.191 e. The zero-order valence-electron chi connectivity index (χ0n) is 15.7. The Morgan fingerprint density at radius 1 is 1.14 bits per heavy atom. The van der Waals surface area contributed by atoms with Crippen LogP contribution < -0.4 is 10.6 Å². The van der Waals surface area contributed by atoms with E-state index < -0.39 is 0 Å². The maximum atomic E-state index is 5.37. The second kappa shape index (κ2) is 12.4. The van der Waals surface area contributed by atoms with Crippen molar-refractivity contribution in [2.24, 2.45) is 12.0 Å². The van der Waals surface area contributed by atoms with Gasteiger partial charge in [0.05, 0.1) is 6.26 Å². The van der Waals surface area contributed by atoms with Crippen molar-refractivity contribution < 1.29 is 4.42 Å². The summed E-state index contributed by atoms with van der Waals surface area (Å²) in [6, 6.07) is 14.3. The van der Waals surface area contributed by atoms with Gasteiger partial charge in [-0.1, -0.05) is 18.2 Å². The fraction of sp³-hybridized carbons (Fsp3) is 0.316. The summed E-state index contributed by atoms with van der Waals surface area (Å²) in [4.78, 5) is 10.1. The number of furan rings is 1. The monoisotopic (exact) mass is 512 g/mol. The van der Waals surface area contributed by atoms with Crippen molar-refractivity contribution in [2.45, 2.75) is 17.9 Å². The van der Waals surface area contributed by atoms with Crippen molar-refractivity contribution in [1.29, 1.82) is 0 Å². The Hall–Kier alpha value is -2.01. The number of guanidine groups is 1. The number of thioether (sulfide) groups is 1. The van der Waals surface area contributed by atoms with Gasteiger partial charge < -0.3 is 15.1 Å². The first-order valence-corrected chi connectivity index (χ1v) is 9.85. The van der Waals surface area contributed by atoms with Gasteiger partial charge in [-0.05, 0) is 24.3 Å². The number of hydrogen-bond acceptors (Lipinski definition) is 5. The van der Waals surface area contributed by atoms with Gasteiger partial charge in [0.15, 0.2) is 5.96 Å². The molecule has 0 aliphatic heterocycles. The van der Waals surface area contributed by atoms with Gasteiger partial charge in [0.1, 0.15) is 24.5 Å². The van der Waals surface area contributed by atoms with E-state index in [0.29, 0.717) is 6.54 Å². The zero-order valence-corrected chi connectivity index (χ0v) is 18.9. The van der Waals surface area contributed by atoms with Gasteiger partial charge in [0.25, 0.3) is 0 Å². The average molecular weight is 512 g/mol. The van der Waals surface area contributed by atoms with Gasteiger partial charge in [0.2, 0.25) is 0 Å². The van der Waals surface area contributed by atoms with Crippen molar-refractivity contribution >= 4 is 41.7 Å². The lowest BCUT2D eigenvalue weighted by Crippen LogP contribution is -2.39. The normalized spacial score (nSPS) is 11.1. The summed E-state index contributed by atoms with van der Waals surface area (Å²) >= 11 is 1.82. The molecule has 0 aliphatic carbocycles. The highest BCUT2D eigenvalue weighted by Gasteiger charge is 2.03. The molecule has 1 aromatic carbocycles. The second-order valence-corrected chi connectivity index (χ2v) is 6.98. The molecule has 0 amide bonds. The zero-order chi connectivity index (χ0) is 18.7. The third-order valence-electron chi connectivity index (χ3n) is 3.83. The molecule has 9 heteroatoms. The molecule has 0 radical (unpaired) electrons. The number of hydrogen-bond donors (Lipinski definition) is 2. The van der Waals surface area contributed by atoms with Crippen molar-refractivity contribution in [1.82, 2.24) is 25.4 Å². The first-order chi connectivity index (χ1) is 13.3. The number of halogens is 1. The van der Waals surface area contributed by atoms with Crippen LogP contribution in [0.25, 0.3) is 0 Å². The van der Waals surface area contributed by atoms with Crippen LogP contribution in [0.5, 0.6) is 0 Å². The summed E-state index contributed by atoms with van der Waals surface area (Å²) in [5, 5.41) is 10.8. The predicted molar refractivity (Wildman–Crippen MR) is 123 cm³/mol. The molecule has 0 saturated heterocycles. The fourth-order valence-electron chi connectivity index (χ4n) is 2.40. The topological polar surface area (TPSA) is 80.3 Å². The largest absolute Gasteiger partial charge is 0.469 e. The molecule has 0 saturated carbocycles. The standard InChI is InChI=1S/C19H24N6OS.HI/c1-25-18(23-15-24-25)14-22-19(20-10-9-16-6-5-12-26-16)21-11-13-27-17-7-3-2-4-8-17;/h2-8,12,15H,9-11,13-14H2,1H3,(H2,20,21,22);1H. The SMILES string of the molecule is Cn1ncnc1CN=C(NCCSc1ccccc1)NCCc1ccco1.I. The summed E-state index contributed by atoms with van der Waals surface area (Å²) in [6.45, 7) is 2.02. The molecule has 2 heterocycles. The molecule has 3 rings (SSSR count). The van der Waals surface area contributed by atoms with E-state index in [9.17, 15) is 0 Å². The second-order valence-electron chi connectivity index (χ2n) is 5.81. The number of benzene rings is 1. The van der Waals surface area contributed by atoms with Crippen molar-refractivity contribution in [3.05, 3.63) is 66.6 Å². The molecular formula is C19H25IN6OS. The lowest BCUT2D eigenvalue weighted by Gasteiger charge is -2.12. The number of nitrogens with zero attached hydrogens (tertiary/aromatic N) is 4. The molecule has 2 N–H and O–H groups in total. The highest BCUT2D eigenvalue weighted by Crippen LogP contribution is 2.15. The maximum Gasteiger partial charge on any atom is 0.191 e. The van der Waals surface area contributed by atoms with E-state index in [-0.39, 0.29) is 24.0 Å². The Morgan fingerprint density at radius 3 is 2.68 bits per heavy atom. The van der Waals surface area contributed by atoms with Crippen LogP contribution in [0.15, 0.2) is 69.4 Å². The molecule has 0 spiro atoms. The van der Waals surface area contributed by atoms with Crippen LogP contribution in [-0.2, 0) is 20.0 Å². The van der Waals surface area contributed by atoms with Gasteiger partial charge in [-0.15, -0.1) is 35.7 Å². The van der Waals surface area contributed by atoms with E-state index in [4.69, 9.17) is 4.42 Å². The van der Waals surface area contributed by atoms with E-state index in [1.165, 1.54) is 4.90 Å². The van der Waals surface area contributed by atoms with Crippen molar-refractivity contribution in [3.8, 4) is 0 Å². The number of aryl methyl sites for hydroxylation is 1. The van der Waals surface area contributed by atoms with Crippen molar-refractivity contribution in [3.63, 3.8) is 0 Å². The molecule has 0 unspecified atom stereocenters. The van der Waals surface area contributed by atoms with E-state index in [1.54, 1.807) is 17.3 Å². The number of rotatable bonds is 9. The Kier molecular flexibility index (Phi) is 9.91. The van der Waals surface area contributed by atoms with Crippen LogP contribution in [0, 0.1) is 0 Å². The first kappa shape index (κ1) is 22.3. The van der Waals surface area contributed by atoms with E-state index in [2.05, 4.69) is 50.0 Å². The van der Waals surface area contributed by atoms with Gasteiger partial charge in [-0.25, -0.2) is 9.98 Å². The Bertz CT molecular complexity index is 822. The highest BCUT2D eigenvalue weighted by atomic mass is 127. The lowest BCUT2D eigenvalue weighted by atomic mass is 10.3. The summed E-state index contributed by atoms with van der Waals surface area (Å²) in [5.41, 5.74) is 0. The van der Waals surface area contributed by atoms with E-state index in [1.807, 2.05) is 37.0 Å². The van der Waals surface area contributed by atoms with E-state index in [0.717, 1.165) is 42.8 Å². The van der Waals surface area contributed by atoms with Gasteiger partial charge in [-0.3, -0.25) is 4.68 Å². The first-order valence-electron chi connectivity index (χ1n) is 8.86. The molecule has 2 aromatic heterocycles. The number of nitrogens with one attached hydrogen (secondary N) is 2. The molecule has 0 aliphatic rings. The molecule has 3 aromatic rings. The Morgan fingerprint density at radius 2 is 1.96 bits per heavy atom. The molecule has 0 atom stereocenters. The van der Waals surface area contributed by atoms with Gasteiger partial charge >= 0.3 is 0 Å². The number of aliphatic imine (C=N–C) groups is 1. The van der Waals surface area contributed by atoms with Gasteiger partial charge in [-0.2, -0.15) is 5.10 Å². The summed E-state index contributed by atoms with van der Waals surface area (Å²) in [5.74, 6) is 3.49. The highest BCUT2D eigenvalue weighted by molar-refractivity contribution is 14.0.